The second-order valence-corrected chi connectivity index (χ2v) is 11.8. The van der Waals surface area contributed by atoms with E-state index in [1.165, 1.54) is 43.8 Å². The zero-order chi connectivity index (χ0) is 30.5. The number of nitrogens with zero attached hydrogens (tertiary/aromatic N) is 1. The smallest absolute Gasteiger partial charge is 0.159 e. The molecule has 1 aliphatic heterocycles. The summed E-state index contributed by atoms with van der Waals surface area (Å²) in [6.07, 6.45) is 4.11. The minimum Gasteiger partial charge on any atom is -0.456 e. The summed E-state index contributed by atoms with van der Waals surface area (Å²) in [5.74, 6) is 0.961. The summed E-state index contributed by atoms with van der Waals surface area (Å²) in [4.78, 5) is 2.31. The van der Waals surface area contributed by atoms with E-state index in [1.54, 1.807) is 0 Å². The predicted molar refractivity (Wildman–Crippen MR) is 193 cm³/mol. The Labute approximate surface area is 267 Å². The summed E-state index contributed by atoms with van der Waals surface area (Å²) in [6, 6.07) is 54.4. The summed E-state index contributed by atoms with van der Waals surface area (Å²) >= 11 is 0. The summed E-state index contributed by atoms with van der Waals surface area (Å²) in [5.41, 5.74) is 10.0. The van der Waals surface area contributed by atoms with Crippen LogP contribution in [-0.4, -0.2) is 0 Å². The van der Waals surface area contributed by atoms with E-state index in [2.05, 4.69) is 168 Å². The van der Waals surface area contributed by atoms with Crippen LogP contribution in [0.5, 0.6) is 0 Å². The minimum atomic E-state index is 0.680. The molecular weight excluding hydrogens is 560 g/mol. The molecule has 218 valence electrons. The van der Waals surface area contributed by atoms with Gasteiger partial charge in [0.15, 0.2) is 5.58 Å². The van der Waals surface area contributed by atoms with Gasteiger partial charge in [-0.25, -0.2) is 0 Å². The molecule has 1 aliphatic rings. The third kappa shape index (κ3) is 4.36. The van der Waals surface area contributed by atoms with Crippen molar-refractivity contribution in [2.75, 3.05) is 4.90 Å². The molecule has 1 aromatic heterocycles. The van der Waals surface area contributed by atoms with Crippen LogP contribution in [0.25, 0.3) is 60.8 Å². The molecule has 0 saturated heterocycles. The Morgan fingerprint density at radius 3 is 1.63 bits per heavy atom. The van der Waals surface area contributed by atoms with Gasteiger partial charge in [0.2, 0.25) is 0 Å². The van der Waals surface area contributed by atoms with Gasteiger partial charge in [-0.05, 0) is 86.4 Å². The zero-order valence-corrected chi connectivity index (χ0v) is 25.2. The van der Waals surface area contributed by atoms with Crippen LogP contribution in [0.1, 0.15) is 11.3 Å². The lowest BCUT2D eigenvalue weighted by Crippen LogP contribution is -2.10. The topological polar surface area (TPSA) is 28.4 Å². The van der Waals surface area contributed by atoms with Crippen LogP contribution in [-0.2, 0) is 6.54 Å². The van der Waals surface area contributed by atoms with Gasteiger partial charge >= 0.3 is 0 Å². The Morgan fingerprint density at radius 2 is 1.02 bits per heavy atom. The third-order valence-corrected chi connectivity index (χ3v) is 9.13. The highest BCUT2D eigenvalue weighted by molar-refractivity contribution is 6.02. The molecule has 0 spiro atoms. The summed E-state index contributed by atoms with van der Waals surface area (Å²) < 4.78 is 6.57. The van der Waals surface area contributed by atoms with Gasteiger partial charge in [-0.15, -0.1) is 0 Å². The second kappa shape index (κ2) is 10.8. The molecule has 9 rings (SSSR count). The fraction of sp³-hybridized carbons (Fsp3) is 0.0233. The van der Waals surface area contributed by atoms with Gasteiger partial charge in [0, 0.05) is 22.3 Å². The van der Waals surface area contributed by atoms with E-state index in [-0.39, 0.29) is 0 Å². The highest BCUT2D eigenvalue weighted by atomic mass is 16.3. The van der Waals surface area contributed by atoms with Crippen molar-refractivity contribution >= 4 is 55.7 Å². The van der Waals surface area contributed by atoms with E-state index < -0.39 is 0 Å². The van der Waals surface area contributed by atoms with Gasteiger partial charge in [0.1, 0.15) is 5.76 Å². The average Bonchev–Trinajstić information content (AvgIpc) is 3.52. The number of anilines is 3. The van der Waals surface area contributed by atoms with Crippen LogP contribution in [0, 0.1) is 0 Å². The van der Waals surface area contributed by atoms with Gasteiger partial charge < -0.3 is 14.6 Å². The van der Waals surface area contributed by atoms with Gasteiger partial charge in [-0.3, -0.25) is 0 Å². The fourth-order valence-corrected chi connectivity index (χ4v) is 6.92. The van der Waals surface area contributed by atoms with Gasteiger partial charge in [0.25, 0.3) is 0 Å². The third-order valence-electron chi connectivity index (χ3n) is 9.13. The van der Waals surface area contributed by atoms with Crippen LogP contribution in [0.2, 0.25) is 0 Å². The molecule has 0 amide bonds. The molecule has 0 radical (unpaired) electrons. The van der Waals surface area contributed by atoms with E-state index >= 15 is 0 Å². The molecule has 3 heteroatoms. The van der Waals surface area contributed by atoms with Crippen molar-refractivity contribution in [1.29, 1.82) is 0 Å². The molecule has 7 aromatic carbocycles. The number of hydrogen-bond donors (Lipinski definition) is 1. The molecule has 2 heterocycles. The van der Waals surface area contributed by atoms with Crippen molar-refractivity contribution < 1.29 is 4.42 Å². The zero-order valence-electron chi connectivity index (χ0n) is 25.2. The maximum Gasteiger partial charge on any atom is 0.159 e. The molecule has 0 fully saturated rings. The average molecular weight is 591 g/mol. The second-order valence-electron chi connectivity index (χ2n) is 11.8. The first-order chi connectivity index (χ1) is 22.8. The van der Waals surface area contributed by atoms with E-state index in [1.807, 2.05) is 6.20 Å². The number of rotatable bonds is 5. The number of hydrogen-bond acceptors (Lipinski definition) is 3. The number of para-hydroxylation sites is 1. The first kappa shape index (κ1) is 26.4. The summed E-state index contributed by atoms with van der Waals surface area (Å²) in [7, 11) is 0. The lowest BCUT2D eigenvalue weighted by Gasteiger charge is -2.26. The normalized spacial score (nSPS) is 12.3. The molecule has 0 atom stereocenters. The Morgan fingerprint density at radius 1 is 0.500 bits per heavy atom. The number of nitrogens with one attached hydrogen (secondary N) is 1. The quantitative estimate of drug-likeness (QED) is 0.216. The Bertz CT molecular complexity index is 2280. The van der Waals surface area contributed by atoms with Crippen LogP contribution in [0.15, 0.2) is 162 Å². The molecule has 46 heavy (non-hydrogen) atoms. The minimum absolute atomic E-state index is 0.680. The SMILES string of the molecule is C1=Cc2c(oc3c(N(c4ccc(-c5cccc6ccccc56)cc4)c4ccc(-c5cccc6ccccc56)cc4)cccc23)CN1. The van der Waals surface area contributed by atoms with E-state index in [9.17, 15) is 0 Å². The van der Waals surface area contributed by atoms with Gasteiger partial charge in [-0.2, -0.15) is 0 Å². The van der Waals surface area contributed by atoms with Crippen molar-refractivity contribution in [2.45, 2.75) is 6.54 Å². The largest absolute Gasteiger partial charge is 0.456 e. The van der Waals surface area contributed by atoms with Crippen molar-refractivity contribution in [1.82, 2.24) is 5.32 Å². The van der Waals surface area contributed by atoms with Crippen molar-refractivity contribution in [3.63, 3.8) is 0 Å². The van der Waals surface area contributed by atoms with Crippen molar-refractivity contribution in [2.24, 2.45) is 0 Å². The van der Waals surface area contributed by atoms with E-state index in [0.29, 0.717) is 6.54 Å². The van der Waals surface area contributed by atoms with Crippen LogP contribution in [0.4, 0.5) is 17.1 Å². The standard InChI is InChI=1S/C43H30N2O/c1-3-12-35-29(8-1)10-5-14-37(35)31-18-22-33(23-19-31)45(41-17-7-16-40-39-26-27-44-28-42(39)46-43(40)41)34-24-20-32(21-25-34)38-15-6-11-30-9-2-4-13-36(30)38/h1-27,44H,28H2. The van der Waals surface area contributed by atoms with E-state index in [0.717, 1.165) is 39.4 Å². The van der Waals surface area contributed by atoms with Crippen molar-refractivity contribution in [3.05, 3.63) is 169 Å². The van der Waals surface area contributed by atoms with E-state index in [4.69, 9.17) is 4.42 Å². The Kier molecular flexibility index (Phi) is 6.20. The summed E-state index contributed by atoms with van der Waals surface area (Å²) in [5, 5.41) is 9.42. The van der Waals surface area contributed by atoms with Gasteiger partial charge in [0.05, 0.1) is 12.2 Å². The highest BCUT2D eigenvalue weighted by Gasteiger charge is 2.22. The van der Waals surface area contributed by atoms with Crippen LogP contribution >= 0.6 is 0 Å². The maximum absolute atomic E-state index is 6.57. The lowest BCUT2D eigenvalue weighted by atomic mass is 9.97. The molecule has 0 saturated carbocycles. The van der Waals surface area contributed by atoms with Gasteiger partial charge in [-0.1, -0.05) is 121 Å². The molecule has 8 aromatic rings. The molecule has 3 nitrogen and oxygen atoms in total. The Balaban J connectivity index is 1.19. The Hall–Kier alpha value is -6.06. The molecule has 0 bridgehead atoms. The lowest BCUT2D eigenvalue weighted by molar-refractivity contribution is 0.533. The molecule has 1 N–H and O–H groups in total. The number of fused-ring (bicyclic) bond motifs is 5. The predicted octanol–water partition coefficient (Wildman–Crippen LogP) is 11.6. The molecular formula is C43H30N2O. The number of benzene rings is 7. The highest BCUT2D eigenvalue weighted by Crippen LogP contribution is 2.43. The van der Waals surface area contributed by atoms with Crippen LogP contribution in [0.3, 0.4) is 0 Å². The summed E-state index contributed by atoms with van der Waals surface area (Å²) in [6.45, 7) is 0.680. The molecule has 0 unspecified atom stereocenters. The monoisotopic (exact) mass is 590 g/mol. The molecule has 0 aliphatic carbocycles. The first-order valence-corrected chi connectivity index (χ1v) is 15.7. The van der Waals surface area contributed by atoms with Crippen molar-refractivity contribution in [3.8, 4) is 22.3 Å². The first-order valence-electron chi connectivity index (χ1n) is 15.7. The fourth-order valence-electron chi connectivity index (χ4n) is 6.92. The maximum atomic E-state index is 6.57. The van der Waals surface area contributed by atoms with Crippen LogP contribution < -0.4 is 10.2 Å². The number of furan rings is 1.